The van der Waals surface area contributed by atoms with Gasteiger partial charge in [-0.05, 0) is 42.8 Å². The minimum absolute atomic E-state index is 0.225. The summed E-state index contributed by atoms with van der Waals surface area (Å²) in [5.41, 5.74) is 1.56. The number of rotatable bonds is 5. The average molecular weight is 370 g/mol. The van der Waals surface area contributed by atoms with Gasteiger partial charge in [-0.15, -0.1) is 0 Å². The largest absolute Gasteiger partial charge is 0.495 e. The number of hydrogen-bond donors (Lipinski definition) is 2. The molecule has 2 aromatic carbocycles. The van der Waals surface area contributed by atoms with Crippen molar-refractivity contribution in [3.05, 3.63) is 53.1 Å². The van der Waals surface area contributed by atoms with Crippen LogP contribution in [0.15, 0.2) is 42.5 Å². The number of nitrogens with one attached hydrogen (secondary N) is 2. The highest BCUT2D eigenvalue weighted by Gasteiger charge is 2.48. The van der Waals surface area contributed by atoms with E-state index in [1.807, 2.05) is 6.07 Å². The fourth-order valence-electron chi connectivity index (χ4n) is 2.66. The third-order valence-electron chi connectivity index (χ3n) is 4.14. The summed E-state index contributed by atoms with van der Waals surface area (Å²) in [7, 11) is 1.51. The van der Waals surface area contributed by atoms with Crippen LogP contribution in [0.5, 0.6) is 5.75 Å². The van der Waals surface area contributed by atoms with Gasteiger partial charge in [0.15, 0.2) is 0 Å². The molecule has 0 spiro atoms. The lowest BCUT2D eigenvalue weighted by molar-refractivity contribution is -0.122. The highest BCUT2D eigenvalue weighted by atomic mass is 35.5. The molecule has 2 unspecified atom stereocenters. The van der Waals surface area contributed by atoms with Crippen molar-refractivity contribution < 1.29 is 14.3 Å². The molecule has 6 nitrogen and oxygen atoms in total. The lowest BCUT2D eigenvalue weighted by Crippen LogP contribution is -2.20. The first-order chi connectivity index (χ1) is 12.5. The van der Waals surface area contributed by atoms with E-state index in [-0.39, 0.29) is 23.7 Å². The van der Waals surface area contributed by atoms with Crippen LogP contribution in [0, 0.1) is 23.2 Å². The Labute approximate surface area is 155 Å². The van der Waals surface area contributed by atoms with Gasteiger partial charge in [0.05, 0.1) is 35.6 Å². The number of halogens is 1. The highest BCUT2D eigenvalue weighted by Crippen LogP contribution is 2.40. The molecule has 0 saturated heterocycles. The van der Waals surface area contributed by atoms with E-state index in [2.05, 4.69) is 10.6 Å². The number of benzene rings is 2. The second-order valence-electron chi connectivity index (χ2n) is 5.97. The molecule has 3 rings (SSSR count). The van der Waals surface area contributed by atoms with E-state index in [0.717, 1.165) is 0 Å². The van der Waals surface area contributed by atoms with Crippen molar-refractivity contribution in [3.63, 3.8) is 0 Å². The second-order valence-corrected chi connectivity index (χ2v) is 6.38. The molecule has 2 aromatic rings. The Morgan fingerprint density at radius 3 is 2.35 bits per heavy atom. The quantitative estimate of drug-likeness (QED) is 0.844. The molecule has 0 radical (unpaired) electrons. The number of methoxy groups -OCH3 is 1. The summed E-state index contributed by atoms with van der Waals surface area (Å²) in [5, 5.41) is 14.8. The Kier molecular flexibility index (Phi) is 5.10. The molecule has 0 aliphatic heterocycles. The average Bonchev–Trinajstić information content (AvgIpc) is 3.43. The van der Waals surface area contributed by atoms with Gasteiger partial charge in [0.1, 0.15) is 5.75 Å². The fraction of sp³-hybridized carbons (Fsp3) is 0.211. The van der Waals surface area contributed by atoms with Crippen molar-refractivity contribution in [2.24, 2.45) is 11.8 Å². The zero-order chi connectivity index (χ0) is 18.7. The minimum atomic E-state index is -0.380. The van der Waals surface area contributed by atoms with E-state index in [1.54, 1.807) is 42.5 Å². The van der Waals surface area contributed by atoms with Crippen molar-refractivity contribution in [1.29, 1.82) is 5.26 Å². The molecule has 0 heterocycles. The van der Waals surface area contributed by atoms with Crippen LogP contribution >= 0.6 is 11.6 Å². The van der Waals surface area contributed by atoms with Crippen molar-refractivity contribution in [1.82, 2.24) is 0 Å². The highest BCUT2D eigenvalue weighted by molar-refractivity contribution is 6.32. The summed E-state index contributed by atoms with van der Waals surface area (Å²) in [6, 6.07) is 13.6. The third kappa shape index (κ3) is 3.95. The molecule has 1 fully saturated rings. The molecule has 1 aliphatic rings. The van der Waals surface area contributed by atoms with Gasteiger partial charge in [-0.1, -0.05) is 17.7 Å². The van der Waals surface area contributed by atoms with Crippen LogP contribution in [0.2, 0.25) is 5.02 Å². The number of anilines is 2. The summed E-state index contributed by atoms with van der Waals surface area (Å²) in [6.07, 6.45) is 0.486. The van der Waals surface area contributed by atoms with E-state index in [0.29, 0.717) is 34.1 Å². The van der Waals surface area contributed by atoms with Crippen LogP contribution in [-0.4, -0.2) is 18.9 Å². The predicted molar refractivity (Wildman–Crippen MR) is 98.0 cm³/mol. The smallest absolute Gasteiger partial charge is 0.228 e. The lowest BCUT2D eigenvalue weighted by atomic mass is 10.2. The van der Waals surface area contributed by atoms with Gasteiger partial charge < -0.3 is 15.4 Å². The van der Waals surface area contributed by atoms with Crippen molar-refractivity contribution in [2.75, 3.05) is 17.7 Å². The van der Waals surface area contributed by atoms with Gasteiger partial charge >= 0.3 is 0 Å². The standard InChI is InChI=1S/C19H16ClN3O3/c1-26-17-6-5-13(8-16(17)20)23-19(25)15-9-14(15)18(24)22-12-4-2-3-11(7-12)10-21/h2-8,14-15H,9H2,1H3,(H,22,24)(H,23,25). The normalized spacial score (nSPS) is 17.7. The van der Waals surface area contributed by atoms with Gasteiger partial charge in [-0.3, -0.25) is 9.59 Å². The van der Waals surface area contributed by atoms with Gasteiger partial charge in [0, 0.05) is 11.4 Å². The molecule has 1 aliphatic carbocycles. The number of carbonyl (C=O) groups is 2. The second kappa shape index (κ2) is 7.46. The molecular formula is C19H16ClN3O3. The maximum Gasteiger partial charge on any atom is 0.228 e. The predicted octanol–water partition coefficient (Wildman–Crippen LogP) is 3.43. The molecule has 132 valence electrons. The molecule has 1 saturated carbocycles. The van der Waals surface area contributed by atoms with E-state index >= 15 is 0 Å². The van der Waals surface area contributed by atoms with Gasteiger partial charge in [0.25, 0.3) is 0 Å². The molecule has 2 atom stereocenters. The van der Waals surface area contributed by atoms with Gasteiger partial charge in [-0.25, -0.2) is 0 Å². The van der Waals surface area contributed by atoms with Crippen molar-refractivity contribution >= 4 is 34.8 Å². The number of ether oxygens (including phenoxy) is 1. The first-order valence-electron chi connectivity index (χ1n) is 7.97. The van der Waals surface area contributed by atoms with Crippen molar-refractivity contribution in [3.8, 4) is 11.8 Å². The monoisotopic (exact) mass is 369 g/mol. The van der Waals surface area contributed by atoms with E-state index < -0.39 is 0 Å². The maximum atomic E-state index is 12.3. The number of hydrogen-bond acceptors (Lipinski definition) is 4. The van der Waals surface area contributed by atoms with Crippen LogP contribution in [-0.2, 0) is 9.59 Å². The molecule has 0 bridgehead atoms. The molecule has 0 aromatic heterocycles. The number of nitriles is 1. The SMILES string of the molecule is COc1ccc(NC(=O)C2CC2C(=O)Nc2cccc(C#N)c2)cc1Cl. The first-order valence-corrected chi connectivity index (χ1v) is 8.35. The molecule has 2 N–H and O–H groups in total. The zero-order valence-electron chi connectivity index (χ0n) is 14.0. The summed E-state index contributed by atoms with van der Waals surface area (Å²) < 4.78 is 5.07. The summed E-state index contributed by atoms with van der Waals surface area (Å²) in [6.45, 7) is 0. The van der Waals surface area contributed by atoms with Gasteiger partial charge in [0.2, 0.25) is 11.8 Å². The van der Waals surface area contributed by atoms with E-state index in [4.69, 9.17) is 21.6 Å². The number of nitrogens with zero attached hydrogens (tertiary/aromatic N) is 1. The fourth-order valence-corrected chi connectivity index (χ4v) is 2.91. The zero-order valence-corrected chi connectivity index (χ0v) is 14.7. The van der Waals surface area contributed by atoms with Crippen LogP contribution in [0.3, 0.4) is 0 Å². The Morgan fingerprint density at radius 2 is 1.77 bits per heavy atom. The minimum Gasteiger partial charge on any atom is -0.495 e. The van der Waals surface area contributed by atoms with Gasteiger partial charge in [-0.2, -0.15) is 5.26 Å². The molecule has 7 heteroatoms. The third-order valence-corrected chi connectivity index (χ3v) is 4.44. The van der Waals surface area contributed by atoms with E-state index in [1.165, 1.54) is 7.11 Å². The summed E-state index contributed by atoms with van der Waals surface area (Å²) >= 11 is 6.04. The Hall–Kier alpha value is -3.04. The summed E-state index contributed by atoms with van der Waals surface area (Å²) in [5.74, 6) is -0.692. The molecular weight excluding hydrogens is 354 g/mol. The van der Waals surface area contributed by atoms with Crippen LogP contribution in [0.4, 0.5) is 11.4 Å². The maximum absolute atomic E-state index is 12.3. The van der Waals surface area contributed by atoms with Crippen LogP contribution in [0.25, 0.3) is 0 Å². The Morgan fingerprint density at radius 1 is 1.12 bits per heavy atom. The van der Waals surface area contributed by atoms with Crippen LogP contribution < -0.4 is 15.4 Å². The van der Waals surface area contributed by atoms with Crippen LogP contribution in [0.1, 0.15) is 12.0 Å². The summed E-state index contributed by atoms with van der Waals surface area (Å²) in [4.78, 5) is 24.6. The molecule has 2 amide bonds. The Balaban J connectivity index is 1.57. The van der Waals surface area contributed by atoms with Crippen molar-refractivity contribution in [2.45, 2.75) is 6.42 Å². The topological polar surface area (TPSA) is 91.2 Å². The Bertz CT molecular complexity index is 907. The number of amides is 2. The number of carbonyl (C=O) groups excluding carboxylic acids is 2. The molecule has 26 heavy (non-hydrogen) atoms. The van der Waals surface area contributed by atoms with E-state index in [9.17, 15) is 9.59 Å². The lowest BCUT2D eigenvalue weighted by Gasteiger charge is -2.08. The first kappa shape index (κ1) is 17.8.